The van der Waals surface area contributed by atoms with E-state index in [2.05, 4.69) is 10.4 Å². The quantitative estimate of drug-likeness (QED) is 0.255. The summed E-state index contributed by atoms with van der Waals surface area (Å²) >= 11 is 1.53. The number of hydrogen-bond acceptors (Lipinski definition) is 6. The molecule has 0 aliphatic heterocycles. The molecule has 0 aliphatic rings. The highest BCUT2D eigenvalue weighted by atomic mass is 32.2. The molecule has 7 heteroatoms. The topological polar surface area (TPSA) is 103 Å². The molecule has 1 heterocycles. The number of rotatable bonds is 5. The van der Waals surface area contributed by atoms with Gasteiger partial charge in [0, 0.05) is 16.3 Å². The lowest BCUT2D eigenvalue weighted by Crippen LogP contribution is -2.30. The summed E-state index contributed by atoms with van der Waals surface area (Å²) in [5.74, 6) is 6.01. The van der Waals surface area contributed by atoms with Gasteiger partial charge in [-0.25, -0.2) is 10.8 Å². The van der Waals surface area contributed by atoms with Crippen molar-refractivity contribution < 1.29 is 9.53 Å². The van der Waals surface area contributed by atoms with E-state index in [1.165, 1.54) is 11.8 Å². The van der Waals surface area contributed by atoms with Crippen LogP contribution in [-0.2, 0) is 5.75 Å². The van der Waals surface area contributed by atoms with Crippen LogP contribution in [0.15, 0.2) is 41.3 Å². The second-order valence-electron chi connectivity index (χ2n) is 4.18. The third-order valence-electron chi connectivity index (χ3n) is 2.77. The summed E-state index contributed by atoms with van der Waals surface area (Å²) in [4.78, 5) is 16.6. The molecule has 5 N–H and O–H groups in total. The lowest BCUT2D eigenvalue weighted by Gasteiger charge is -2.08. The Kier molecular flexibility index (Phi) is 5.02. The van der Waals surface area contributed by atoms with E-state index in [4.69, 9.17) is 16.3 Å². The molecular formula is C14H16N4O2S. The van der Waals surface area contributed by atoms with Crippen LogP contribution in [0, 0.1) is 0 Å². The third-order valence-corrected chi connectivity index (χ3v) is 3.87. The Morgan fingerprint density at radius 3 is 2.90 bits per heavy atom. The fourth-order valence-corrected chi connectivity index (χ4v) is 2.58. The molecule has 0 saturated carbocycles. The number of methoxy groups -OCH3 is 1. The molecule has 110 valence electrons. The zero-order valence-electron chi connectivity index (χ0n) is 11.5. The Balaban J connectivity index is 2.11. The minimum Gasteiger partial charge on any atom is -0.497 e. The van der Waals surface area contributed by atoms with Crippen LogP contribution in [0.1, 0.15) is 16.2 Å². The fraction of sp³-hybridized carbons (Fsp3) is 0.143. The molecule has 1 amide bonds. The molecule has 2 aromatic rings. The molecule has 0 spiro atoms. The number of amides is 1. The van der Waals surface area contributed by atoms with Crippen LogP contribution in [-0.4, -0.2) is 18.0 Å². The van der Waals surface area contributed by atoms with Crippen molar-refractivity contribution in [3.8, 4) is 5.75 Å². The van der Waals surface area contributed by atoms with Gasteiger partial charge in [0.25, 0.3) is 5.91 Å². The van der Waals surface area contributed by atoms with Crippen molar-refractivity contribution in [2.24, 2.45) is 5.84 Å². The van der Waals surface area contributed by atoms with E-state index in [1.807, 2.05) is 18.2 Å². The Hall–Kier alpha value is -2.25. The second-order valence-corrected chi connectivity index (χ2v) is 5.20. The van der Waals surface area contributed by atoms with Crippen molar-refractivity contribution in [1.29, 1.82) is 0 Å². The van der Waals surface area contributed by atoms with Crippen LogP contribution < -0.4 is 21.7 Å². The van der Waals surface area contributed by atoms with E-state index < -0.39 is 5.91 Å². The van der Waals surface area contributed by atoms with E-state index in [9.17, 15) is 4.79 Å². The molecular weight excluding hydrogens is 288 g/mol. The number of benzene rings is 1. The zero-order chi connectivity index (χ0) is 15.2. The second kappa shape index (κ2) is 6.96. The van der Waals surface area contributed by atoms with Crippen LogP contribution in [0.5, 0.6) is 5.75 Å². The van der Waals surface area contributed by atoms with Crippen LogP contribution in [0.25, 0.3) is 0 Å². The van der Waals surface area contributed by atoms with Gasteiger partial charge >= 0.3 is 0 Å². The summed E-state index contributed by atoms with van der Waals surface area (Å²) in [6.07, 6.45) is 0. The number of thioether (sulfide) groups is 1. The molecule has 0 aliphatic carbocycles. The Bertz CT molecular complexity index is 649. The van der Waals surface area contributed by atoms with Gasteiger partial charge in [0.15, 0.2) is 0 Å². The van der Waals surface area contributed by atoms with Crippen LogP contribution >= 0.6 is 11.8 Å². The van der Waals surface area contributed by atoms with Gasteiger partial charge in [0.05, 0.1) is 12.8 Å². The maximum absolute atomic E-state index is 11.4. The summed E-state index contributed by atoms with van der Waals surface area (Å²) in [5.41, 5.74) is 9.72. The van der Waals surface area contributed by atoms with Crippen molar-refractivity contribution in [2.45, 2.75) is 10.6 Å². The standard InChI is InChI=1S/C14H16N4O2S/c1-20-10-5-6-11(15)13(7-10)21-8-9-3-2-4-12(17-9)14(19)18-16/h2-7H,8,15-16H2,1H3,(H,18,19). The van der Waals surface area contributed by atoms with E-state index in [-0.39, 0.29) is 5.69 Å². The molecule has 0 saturated heterocycles. The fourth-order valence-electron chi connectivity index (χ4n) is 1.68. The minimum atomic E-state index is -0.414. The van der Waals surface area contributed by atoms with Gasteiger partial charge in [0.2, 0.25) is 0 Å². The summed E-state index contributed by atoms with van der Waals surface area (Å²) in [7, 11) is 1.61. The van der Waals surface area contributed by atoms with Gasteiger partial charge in [-0.2, -0.15) is 0 Å². The first-order valence-electron chi connectivity index (χ1n) is 6.17. The predicted molar refractivity (Wildman–Crippen MR) is 82.9 cm³/mol. The van der Waals surface area contributed by atoms with Gasteiger partial charge in [-0.3, -0.25) is 10.2 Å². The normalized spacial score (nSPS) is 10.2. The molecule has 0 fully saturated rings. The molecule has 0 bridgehead atoms. The number of pyridine rings is 1. The molecule has 1 aromatic carbocycles. The first-order valence-corrected chi connectivity index (χ1v) is 7.16. The van der Waals surface area contributed by atoms with Crippen LogP contribution in [0.3, 0.4) is 0 Å². The number of nitrogen functional groups attached to an aromatic ring is 2. The van der Waals surface area contributed by atoms with Gasteiger partial charge < -0.3 is 10.5 Å². The molecule has 6 nitrogen and oxygen atoms in total. The molecule has 0 unspecified atom stereocenters. The number of aromatic nitrogens is 1. The average Bonchev–Trinajstić information content (AvgIpc) is 2.53. The maximum Gasteiger partial charge on any atom is 0.283 e. The summed E-state index contributed by atoms with van der Waals surface area (Å²) in [6.45, 7) is 0. The first-order chi connectivity index (χ1) is 10.1. The SMILES string of the molecule is COc1ccc(N)c(SCc2cccc(C(=O)NN)n2)c1. The van der Waals surface area contributed by atoms with Gasteiger partial charge in [0.1, 0.15) is 11.4 Å². The smallest absolute Gasteiger partial charge is 0.283 e. The van der Waals surface area contributed by atoms with E-state index in [0.717, 1.165) is 16.3 Å². The van der Waals surface area contributed by atoms with Crippen molar-refractivity contribution in [3.05, 3.63) is 47.8 Å². The lowest BCUT2D eigenvalue weighted by molar-refractivity contribution is 0.0948. The number of carbonyl (C=O) groups is 1. The Morgan fingerprint density at radius 2 is 2.19 bits per heavy atom. The maximum atomic E-state index is 11.4. The number of hydrazine groups is 1. The van der Waals surface area contributed by atoms with Crippen molar-refractivity contribution in [1.82, 2.24) is 10.4 Å². The number of nitrogens with two attached hydrogens (primary N) is 2. The first kappa shape index (κ1) is 15.1. The highest BCUT2D eigenvalue weighted by molar-refractivity contribution is 7.98. The molecule has 0 atom stereocenters. The number of ether oxygens (including phenoxy) is 1. The molecule has 2 rings (SSSR count). The number of hydrogen-bond donors (Lipinski definition) is 3. The monoisotopic (exact) mass is 304 g/mol. The van der Waals surface area contributed by atoms with Gasteiger partial charge in [-0.1, -0.05) is 6.07 Å². The van der Waals surface area contributed by atoms with Crippen molar-refractivity contribution in [2.75, 3.05) is 12.8 Å². The molecule has 21 heavy (non-hydrogen) atoms. The number of anilines is 1. The van der Waals surface area contributed by atoms with Gasteiger partial charge in [-0.05, 0) is 30.3 Å². The van der Waals surface area contributed by atoms with Crippen molar-refractivity contribution in [3.63, 3.8) is 0 Å². The van der Waals surface area contributed by atoms with E-state index in [0.29, 0.717) is 11.4 Å². The van der Waals surface area contributed by atoms with E-state index in [1.54, 1.807) is 25.3 Å². The number of carbonyl (C=O) groups excluding carboxylic acids is 1. The average molecular weight is 304 g/mol. The summed E-state index contributed by atoms with van der Waals surface area (Å²) < 4.78 is 5.18. The van der Waals surface area contributed by atoms with Crippen LogP contribution in [0.2, 0.25) is 0 Å². The summed E-state index contributed by atoms with van der Waals surface area (Å²) in [6, 6.07) is 10.7. The van der Waals surface area contributed by atoms with Crippen molar-refractivity contribution >= 4 is 23.4 Å². The van der Waals surface area contributed by atoms with Gasteiger partial charge in [-0.15, -0.1) is 11.8 Å². The Morgan fingerprint density at radius 1 is 1.38 bits per heavy atom. The number of nitrogens with zero attached hydrogens (tertiary/aromatic N) is 1. The zero-order valence-corrected chi connectivity index (χ0v) is 12.3. The predicted octanol–water partition coefficient (Wildman–Crippen LogP) is 1.57. The highest BCUT2D eigenvalue weighted by Crippen LogP contribution is 2.31. The largest absolute Gasteiger partial charge is 0.497 e. The minimum absolute atomic E-state index is 0.286. The molecule has 0 radical (unpaired) electrons. The Labute approximate surface area is 126 Å². The third kappa shape index (κ3) is 3.87. The molecule has 1 aromatic heterocycles. The lowest BCUT2D eigenvalue weighted by atomic mass is 10.3. The highest BCUT2D eigenvalue weighted by Gasteiger charge is 2.07. The van der Waals surface area contributed by atoms with Crippen LogP contribution in [0.4, 0.5) is 5.69 Å². The van der Waals surface area contributed by atoms with E-state index >= 15 is 0 Å². The number of nitrogens with one attached hydrogen (secondary N) is 1. The summed E-state index contributed by atoms with van der Waals surface area (Å²) in [5, 5.41) is 0.